The van der Waals surface area contributed by atoms with Gasteiger partial charge in [-0.15, -0.1) is 0 Å². The highest BCUT2D eigenvalue weighted by atomic mass is 19.1. The van der Waals surface area contributed by atoms with Crippen LogP contribution in [0, 0.1) is 17.1 Å². The average Bonchev–Trinajstić information content (AvgIpc) is 2.64. The zero-order valence-electron chi connectivity index (χ0n) is 10.5. The fourth-order valence-electron chi connectivity index (χ4n) is 2.27. The minimum atomic E-state index is -0.518. The second kappa shape index (κ2) is 5.57. The van der Waals surface area contributed by atoms with Gasteiger partial charge in [0, 0.05) is 26.2 Å². The van der Waals surface area contributed by atoms with Crippen LogP contribution < -0.4 is 10.6 Å². The number of urea groups is 1. The number of nitrogens with two attached hydrogens (primary N) is 1. The van der Waals surface area contributed by atoms with E-state index in [1.165, 1.54) is 6.07 Å². The van der Waals surface area contributed by atoms with Gasteiger partial charge < -0.3 is 15.5 Å². The van der Waals surface area contributed by atoms with Crippen LogP contribution >= 0.6 is 0 Å². The molecule has 5 nitrogen and oxygen atoms in total. The number of carbonyl (C=O) groups excluding carboxylic acids is 1. The van der Waals surface area contributed by atoms with E-state index in [1.807, 2.05) is 11.0 Å². The van der Waals surface area contributed by atoms with Gasteiger partial charge in [0.05, 0.1) is 5.69 Å². The summed E-state index contributed by atoms with van der Waals surface area (Å²) >= 11 is 0. The Morgan fingerprint density at radius 2 is 2.11 bits per heavy atom. The molecule has 1 aliphatic rings. The van der Waals surface area contributed by atoms with Crippen molar-refractivity contribution in [3.8, 4) is 6.07 Å². The highest BCUT2D eigenvalue weighted by Gasteiger charge is 2.20. The van der Waals surface area contributed by atoms with Crippen molar-refractivity contribution in [3.05, 3.63) is 29.6 Å². The fraction of sp³-hybridized carbons (Fsp3) is 0.385. The Bertz CT molecular complexity index is 526. The highest BCUT2D eigenvalue weighted by molar-refractivity contribution is 5.72. The standard InChI is InChI=1S/C13H15FN4O/c14-11-3-1-4-12(10(11)9-15)17-5-2-6-18(8-7-17)13(16)19/h1,3-4H,2,5-8H2,(H2,16,19). The molecule has 1 aromatic carbocycles. The number of amides is 2. The summed E-state index contributed by atoms with van der Waals surface area (Å²) in [5, 5.41) is 9.04. The minimum absolute atomic E-state index is 0.0509. The van der Waals surface area contributed by atoms with E-state index in [9.17, 15) is 9.18 Å². The number of nitriles is 1. The molecule has 0 atom stereocenters. The number of benzene rings is 1. The molecule has 1 fully saturated rings. The molecule has 0 saturated carbocycles. The molecule has 0 radical (unpaired) electrons. The van der Waals surface area contributed by atoms with Crippen LogP contribution in [0.15, 0.2) is 18.2 Å². The lowest BCUT2D eigenvalue weighted by molar-refractivity contribution is 0.211. The van der Waals surface area contributed by atoms with Crippen molar-refractivity contribution in [3.63, 3.8) is 0 Å². The lowest BCUT2D eigenvalue weighted by Crippen LogP contribution is -2.38. The van der Waals surface area contributed by atoms with Gasteiger partial charge in [0.1, 0.15) is 17.4 Å². The fourth-order valence-corrected chi connectivity index (χ4v) is 2.27. The molecule has 100 valence electrons. The smallest absolute Gasteiger partial charge is 0.314 e. The molecular formula is C13H15FN4O. The first kappa shape index (κ1) is 13.1. The number of carbonyl (C=O) groups is 1. The second-order valence-electron chi connectivity index (χ2n) is 4.41. The Labute approximate surface area is 111 Å². The summed E-state index contributed by atoms with van der Waals surface area (Å²) in [4.78, 5) is 14.6. The van der Waals surface area contributed by atoms with Gasteiger partial charge >= 0.3 is 6.03 Å². The van der Waals surface area contributed by atoms with E-state index in [0.717, 1.165) is 6.42 Å². The molecule has 1 aliphatic heterocycles. The largest absolute Gasteiger partial charge is 0.369 e. The molecule has 2 rings (SSSR count). The minimum Gasteiger partial charge on any atom is -0.369 e. The molecule has 0 bridgehead atoms. The van der Waals surface area contributed by atoms with E-state index < -0.39 is 11.8 Å². The molecule has 1 heterocycles. The van der Waals surface area contributed by atoms with Gasteiger partial charge in [-0.2, -0.15) is 5.26 Å². The maximum absolute atomic E-state index is 13.6. The quantitative estimate of drug-likeness (QED) is 0.828. The van der Waals surface area contributed by atoms with Crippen molar-refractivity contribution in [1.29, 1.82) is 5.26 Å². The van der Waals surface area contributed by atoms with Gasteiger partial charge in [0.2, 0.25) is 0 Å². The predicted molar refractivity (Wildman–Crippen MR) is 69.1 cm³/mol. The van der Waals surface area contributed by atoms with Crippen LogP contribution in [0.1, 0.15) is 12.0 Å². The summed E-state index contributed by atoms with van der Waals surface area (Å²) in [6.45, 7) is 2.28. The SMILES string of the molecule is N#Cc1c(F)cccc1N1CCCN(C(N)=O)CC1. The van der Waals surface area contributed by atoms with Crippen LogP contribution in [0.25, 0.3) is 0 Å². The molecule has 19 heavy (non-hydrogen) atoms. The second-order valence-corrected chi connectivity index (χ2v) is 4.41. The Kier molecular flexibility index (Phi) is 3.85. The van der Waals surface area contributed by atoms with Crippen LogP contribution in [-0.2, 0) is 0 Å². The molecule has 2 amide bonds. The third-order valence-electron chi connectivity index (χ3n) is 3.25. The summed E-state index contributed by atoms with van der Waals surface area (Å²) in [5.74, 6) is -0.518. The topological polar surface area (TPSA) is 73.4 Å². The van der Waals surface area contributed by atoms with E-state index in [4.69, 9.17) is 11.0 Å². The maximum atomic E-state index is 13.6. The molecule has 6 heteroatoms. The number of rotatable bonds is 1. The Hall–Kier alpha value is -2.29. The number of primary amides is 1. The van der Waals surface area contributed by atoms with Crippen molar-refractivity contribution < 1.29 is 9.18 Å². The van der Waals surface area contributed by atoms with Gasteiger partial charge in [-0.1, -0.05) is 6.07 Å². The molecule has 0 unspecified atom stereocenters. The van der Waals surface area contributed by atoms with Crippen molar-refractivity contribution in [2.45, 2.75) is 6.42 Å². The van der Waals surface area contributed by atoms with E-state index in [0.29, 0.717) is 31.9 Å². The summed E-state index contributed by atoms with van der Waals surface area (Å²) in [7, 11) is 0. The number of halogens is 1. The molecular weight excluding hydrogens is 247 g/mol. The third-order valence-corrected chi connectivity index (χ3v) is 3.25. The van der Waals surface area contributed by atoms with Gasteiger partial charge in [0.15, 0.2) is 0 Å². The van der Waals surface area contributed by atoms with Crippen LogP contribution in [0.3, 0.4) is 0 Å². The molecule has 0 spiro atoms. The summed E-state index contributed by atoms with van der Waals surface area (Å²) in [6, 6.07) is 6.03. The number of hydrogen-bond acceptors (Lipinski definition) is 3. The normalized spacial score (nSPS) is 15.8. The van der Waals surface area contributed by atoms with E-state index in [1.54, 1.807) is 17.0 Å². The van der Waals surface area contributed by atoms with Crippen molar-refractivity contribution in [2.75, 3.05) is 31.1 Å². The zero-order chi connectivity index (χ0) is 13.8. The van der Waals surface area contributed by atoms with Gasteiger partial charge in [-0.05, 0) is 18.6 Å². The molecule has 1 aromatic rings. The van der Waals surface area contributed by atoms with E-state index >= 15 is 0 Å². The van der Waals surface area contributed by atoms with E-state index in [-0.39, 0.29) is 5.56 Å². The zero-order valence-corrected chi connectivity index (χ0v) is 10.5. The molecule has 0 aliphatic carbocycles. The summed E-state index contributed by atoms with van der Waals surface area (Å²) < 4.78 is 13.6. The monoisotopic (exact) mass is 262 g/mol. The van der Waals surface area contributed by atoms with Crippen LogP contribution in [0.5, 0.6) is 0 Å². The first-order valence-electron chi connectivity index (χ1n) is 6.11. The van der Waals surface area contributed by atoms with Crippen LogP contribution in [-0.4, -0.2) is 37.1 Å². The molecule has 1 saturated heterocycles. The van der Waals surface area contributed by atoms with Gasteiger partial charge in [-0.3, -0.25) is 0 Å². The third kappa shape index (κ3) is 2.76. The number of hydrogen-bond donors (Lipinski definition) is 1. The van der Waals surface area contributed by atoms with Crippen molar-refractivity contribution in [1.82, 2.24) is 4.90 Å². The average molecular weight is 262 g/mol. The van der Waals surface area contributed by atoms with Crippen molar-refractivity contribution in [2.24, 2.45) is 5.73 Å². The maximum Gasteiger partial charge on any atom is 0.314 e. The van der Waals surface area contributed by atoms with E-state index in [2.05, 4.69) is 0 Å². The Balaban J connectivity index is 2.22. The number of nitrogens with zero attached hydrogens (tertiary/aromatic N) is 3. The van der Waals surface area contributed by atoms with Gasteiger partial charge in [-0.25, -0.2) is 9.18 Å². The predicted octanol–water partition coefficient (Wildman–Crippen LogP) is 1.29. The first-order chi connectivity index (χ1) is 9.13. The van der Waals surface area contributed by atoms with Crippen LogP contribution in [0.2, 0.25) is 0 Å². The summed E-state index contributed by atoms with van der Waals surface area (Å²) in [5.41, 5.74) is 5.89. The van der Waals surface area contributed by atoms with Crippen LogP contribution in [0.4, 0.5) is 14.9 Å². The summed E-state index contributed by atoms with van der Waals surface area (Å²) in [6.07, 6.45) is 0.740. The van der Waals surface area contributed by atoms with Gasteiger partial charge in [0.25, 0.3) is 0 Å². The van der Waals surface area contributed by atoms with Crippen molar-refractivity contribution >= 4 is 11.7 Å². The molecule has 2 N–H and O–H groups in total. The lowest BCUT2D eigenvalue weighted by Gasteiger charge is -2.24. The molecule has 0 aromatic heterocycles. The number of anilines is 1. The Morgan fingerprint density at radius 3 is 2.79 bits per heavy atom. The lowest BCUT2D eigenvalue weighted by atomic mass is 10.1. The highest BCUT2D eigenvalue weighted by Crippen LogP contribution is 2.23. The first-order valence-corrected chi connectivity index (χ1v) is 6.11. The Morgan fingerprint density at radius 1 is 1.32 bits per heavy atom.